The van der Waals surface area contributed by atoms with E-state index in [0.29, 0.717) is 0 Å². The first-order valence-corrected chi connectivity index (χ1v) is 2.51. The number of nitrogens with two attached hydrogens (primary N) is 1. The molecule has 4 nitrogen and oxygen atoms in total. The number of carbonyl (C=O) groups excluding carboxylic acids is 1. The molecule has 0 radical (unpaired) electrons. The van der Waals surface area contributed by atoms with E-state index >= 15 is 0 Å². The Bertz CT molecular complexity index is 141. The lowest BCUT2D eigenvalue weighted by atomic mass is 10.2. The Kier molecular flexibility index (Phi) is 3.27. The molecule has 0 heterocycles. The Balaban J connectivity index is 3.69. The van der Waals surface area contributed by atoms with Crippen molar-refractivity contribution < 1.29 is 4.79 Å². The van der Waals surface area contributed by atoms with Gasteiger partial charge in [0, 0.05) is 18.3 Å². The third-order valence-electron chi connectivity index (χ3n) is 0.700. The number of nitrogens with one attached hydrogen (secondary N) is 1. The highest BCUT2D eigenvalue weighted by Gasteiger charge is 1.89. The van der Waals surface area contributed by atoms with Gasteiger partial charge in [0.2, 0.25) is 0 Å². The zero-order valence-corrected chi connectivity index (χ0v) is 5.16. The second kappa shape index (κ2) is 3.77. The van der Waals surface area contributed by atoms with Crippen LogP contribution in [0.25, 0.3) is 0 Å². The van der Waals surface area contributed by atoms with Crippen molar-refractivity contribution in [3.63, 3.8) is 0 Å². The monoisotopic (exact) mass is 127 g/mol. The highest BCUT2D eigenvalue weighted by atomic mass is 16.2. The molecule has 9 heavy (non-hydrogen) atoms. The zero-order chi connectivity index (χ0) is 7.28. The fourth-order valence-electron chi connectivity index (χ4n) is 0.234. The fourth-order valence-corrected chi connectivity index (χ4v) is 0.234. The summed E-state index contributed by atoms with van der Waals surface area (Å²) in [6, 6.07) is -0.719. The van der Waals surface area contributed by atoms with Gasteiger partial charge >= 0.3 is 6.03 Å². The van der Waals surface area contributed by atoms with Gasteiger partial charge in [-0.25, -0.2) is 9.79 Å². The molecule has 0 aromatic heterocycles. The van der Waals surface area contributed by atoms with E-state index in [1.165, 1.54) is 12.4 Å². The summed E-state index contributed by atoms with van der Waals surface area (Å²) in [5.74, 6) is -0.113. The van der Waals surface area contributed by atoms with Gasteiger partial charge in [-0.05, 0) is 0 Å². The molecule has 0 saturated carbocycles. The molecular weight excluding hydrogens is 118 g/mol. The topological polar surface area (TPSA) is 79.3 Å². The van der Waals surface area contributed by atoms with Gasteiger partial charge in [0.25, 0.3) is 0 Å². The molecule has 1 unspecified atom stereocenters. The number of hydrogen-bond donors (Lipinski definition) is 2. The van der Waals surface area contributed by atoms with Crippen molar-refractivity contribution >= 4 is 18.5 Å². The van der Waals surface area contributed by atoms with Crippen LogP contribution < -0.4 is 5.73 Å². The summed E-state index contributed by atoms with van der Waals surface area (Å²) < 4.78 is 0. The fraction of sp³-hybridized carbons (Fsp3) is 0.400. The normalized spacial score (nSPS) is 13.4. The molecule has 0 aliphatic carbocycles. The number of rotatable bonds is 2. The van der Waals surface area contributed by atoms with Gasteiger partial charge in [0.1, 0.15) is 0 Å². The van der Waals surface area contributed by atoms with Crippen LogP contribution >= 0.6 is 0 Å². The summed E-state index contributed by atoms with van der Waals surface area (Å²) in [6.45, 7) is 1.74. The molecule has 0 rings (SSSR count). The predicted molar refractivity (Wildman–Crippen MR) is 36.0 cm³/mol. The van der Waals surface area contributed by atoms with Crippen molar-refractivity contribution in [2.45, 2.75) is 6.92 Å². The van der Waals surface area contributed by atoms with Gasteiger partial charge in [-0.15, -0.1) is 0 Å². The molecule has 1 atom stereocenters. The molecule has 3 N–H and O–H groups in total. The van der Waals surface area contributed by atoms with Gasteiger partial charge in [-0.2, -0.15) is 0 Å². The van der Waals surface area contributed by atoms with Crippen molar-refractivity contribution in [2.75, 3.05) is 0 Å². The third kappa shape index (κ3) is 4.67. The molecule has 0 bridgehead atoms. The summed E-state index contributed by atoms with van der Waals surface area (Å²) in [4.78, 5) is 13.2. The number of urea groups is 1. The molecule has 0 aliphatic heterocycles. The first kappa shape index (κ1) is 7.81. The minimum atomic E-state index is -0.719. The van der Waals surface area contributed by atoms with E-state index < -0.39 is 6.03 Å². The van der Waals surface area contributed by atoms with Gasteiger partial charge in [0.05, 0.1) is 0 Å². The molecule has 4 heteroatoms. The number of amides is 2. The SMILES string of the molecule is CC(C=N)C=NC(N)=O. The molecule has 0 aromatic carbocycles. The maximum absolute atomic E-state index is 9.97. The molecule has 2 amide bonds. The predicted octanol–water partition coefficient (Wildman–Crippen LogP) is 0.422. The first-order valence-electron chi connectivity index (χ1n) is 2.51. The Morgan fingerprint density at radius 1 is 1.89 bits per heavy atom. The Hall–Kier alpha value is -1.19. The molecular formula is C5H9N3O. The smallest absolute Gasteiger partial charge is 0.337 e. The second-order valence-electron chi connectivity index (χ2n) is 1.64. The minimum Gasteiger partial charge on any atom is -0.350 e. The van der Waals surface area contributed by atoms with Gasteiger partial charge in [-0.1, -0.05) is 6.92 Å². The maximum atomic E-state index is 9.97. The zero-order valence-electron chi connectivity index (χ0n) is 5.16. The van der Waals surface area contributed by atoms with E-state index in [9.17, 15) is 4.79 Å². The highest BCUT2D eigenvalue weighted by Crippen LogP contribution is 1.81. The van der Waals surface area contributed by atoms with Gasteiger partial charge in [-0.3, -0.25) is 0 Å². The number of primary amides is 1. The number of aliphatic imine (C=N–C) groups is 1. The van der Waals surface area contributed by atoms with Crippen LogP contribution in [0.5, 0.6) is 0 Å². The van der Waals surface area contributed by atoms with Crippen molar-refractivity contribution in [2.24, 2.45) is 16.6 Å². The van der Waals surface area contributed by atoms with Crippen LogP contribution in [0, 0.1) is 11.3 Å². The molecule has 0 saturated heterocycles. The Morgan fingerprint density at radius 3 is 2.78 bits per heavy atom. The van der Waals surface area contributed by atoms with Crippen LogP contribution in [-0.2, 0) is 0 Å². The van der Waals surface area contributed by atoms with E-state index in [-0.39, 0.29) is 5.92 Å². The van der Waals surface area contributed by atoms with E-state index in [4.69, 9.17) is 5.41 Å². The van der Waals surface area contributed by atoms with Crippen molar-refractivity contribution in [1.29, 1.82) is 5.41 Å². The lowest BCUT2D eigenvalue weighted by molar-refractivity contribution is 0.257. The molecule has 0 aliphatic rings. The number of nitrogens with zero attached hydrogens (tertiary/aromatic N) is 1. The van der Waals surface area contributed by atoms with Crippen molar-refractivity contribution in [1.82, 2.24) is 0 Å². The summed E-state index contributed by atoms with van der Waals surface area (Å²) in [5.41, 5.74) is 4.68. The van der Waals surface area contributed by atoms with E-state index in [1.807, 2.05) is 0 Å². The van der Waals surface area contributed by atoms with Crippen LogP contribution in [0.3, 0.4) is 0 Å². The summed E-state index contributed by atoms with van der Waals surface area (Å²) >= 11 is 0. The minimum absolute atomic E-state index is 0.113. The summed E-state index contributed by atoms with van der Waals surface area (Å²) in [5, 5.41) is 6.68. The molecule has 0 fully saturated rings. The molecule has 50 valence electrons. The number of hydrogen-bond acceptors (Lipinski definition) is 2. The summed E-state index contributed by atoms with van der Waals surface area (Å²) in [6.07, 6.45) is 2.50. The Labute approximate surface area is 53.3 Å². The number of carbonyl (C=O) groups is 1. The Morgan fingerprint density at radius 2 is 2.44 bits per heavy atom. The first-order chi connectivity index (χ1) is 4.16. The lowest BCUT2D eigenvalue weighted by Crippen LogP contribution is -2.06. The van der Waals surface area contributed by atoms with Crippen molar-refractivity contribution in [3.05, 3.63) is 0 Å². The van der Waals surface area contributed by atoms with E-state index in [0.717, 1.165) is 0 Å². The van der Waals surface area contributed by atoms with E-state index in [1.54, 1.807) is 6.92 Å². The summed E-state index contributed by atoms with van der Waals surface area (Å²) in [7, 11) is 0. The largest absolute Gasteiger partial charge is 0.350 e. The lowest BCUT2D eigenvalue weighted by Gasteiger charge is -1.89. The van der Waals surface area contributed by atoms with Crippen LogP contribution in [0.2, 0.25) is 0 Å². The maximum Gasteiger partial charge on any atom is 0.337 e. The van der Waals surface area contributed by atoms with Crippen LogP contribution in [0.4, 0.5) is 4.79 Å². The third-order valence-corrected chi connectivity index (χ3v) is 0.700. The average Bonchev–Trinajstić information content (AvgIpc) is 1.83. The molecule has 0 aromatic rings. The van der Waals surface area contributed by atoms with Crippen LogP contribution in [0.15, 0.2) is 4.99 Å². The average molecular weight is 127 g/mol. The van der Waals surface area contributed by atoms with Gasteiger partial charge < -0.3 is 11.1 Å². The van der Waals surface area contributed by atoms with Crippen molar-refractivity contribution in [3.8, 4) is 0 Å². The standard InChI is InChI=1S/C5H9N3O/c1-4(2-6)3-8-5(7)9/h2-4,6H,1H3,(H2,7,9). The molecule has 0 spiro atoms. The van der Waals surface area contributed by atoms with E-state index in [2.05, 4.69) is 10.7 Å². The van der Waals surface area contributed by atoms with Gasteiger partial charge in [0.15, 0.2) is 0 Å². The quantitative estimate of drug-likeness (QED) is 0.518. The van der Waals surface area contributed by atoms with Crippen LogP contribution in [0.1, 0.15) is 6.92 Å². The van der Waals surface area contributed by atoms with Crippen LogP contribution in [-0.4, -0.2) is 18.5 Å². The highest BCUT2D eigenvalue weighted by molar-refractivity contribution is 5.89. The second-order valence-corrected chi connectivity index (χ2v) is 1.64.